The molecule has 0 radical (unpaired) electrons. The van der Waals surface area contributed by atoms with Crippen molar-refractivity contribution < 1.29 is 18.7 Å². The monoisotopic (exact) mass is 405 g/mol. The highest BCUT2D eigenvalue weighted by Crippen LogP contribution is 2.36. The molecule has 0 N–H and O–H groups in total. The van der Waals surface area contributed by atoms with Crippen LogP contribution in [0.3, 0.4) is 0 Å². The Morgan fingerprint density at radius 1 is 1.03 bits per heavy atom. The number of likely N-dealkylation sites (tertiary alicyclic amines) is 1. The van der Waals surface area contributed by atoms with E-state index in [-0.39, 0.29) is 18.6 Å². The van der Waals surface area contributed by atoms with E-state index in [2.05, 4.69) is 16.3 Å². The van der Waals surface area contributed by atoms with Gasteiger partial charge < -0.3 is 18.8 Å². The molecule has 1 saturated heterocycles. The van der Waals surface area contributed by atoms with Crippen LogP contribution in [0.2, 0.25) is 0 Å². The van der Waals surface area contributed by atoms with Crippen LogP contribution in [-0.2, 0) is 0 Å². The van der Waals surface area contributed by atoms with E-state index in [1.807, 2.05) is 49.1 Å². The largest absolute Gasteiger partial charge is 0.454 e. The minimum atomic E-state index is 0.0314. The Hall–Kier alpha value is -3.35. The number of rotatable bonds is 3. The Kier molecular flexibility index (Phi) is 4.65. The molecular weight excluding hydrogens is 382 g/mol. The maximum absolute atomic E-state index is 13.0. The fraction of sp³-hybridized carbons (Fsp3) is 0.348. The van der Waals surface area contributed by atoms with Gasteiger partial charge in [0.2, 0.25) is 18.6 Å². The van der Waals surface area contributed by atoms with Crippen molar-refractivity contribution in [3.63, 3.8) is 0 Å². The van der Waals surface area contributed by atoms with Crippen LogP contribution in [0, 0.1) is 13.8 Å². The third kappa shape index (κ3) is 3.51. The molecule has 1 aromatic heterocycles. The minimum absolute atomic E-state index is 0.0314. The minimum Gasteiger partial charge on any atom is -0.454 e. The van der Waals surface area contributed by atoms with Crippen molar-refractivity contribution >= 4 is 5.91 Å². The number of nitrogens with zero attached hydrogens (tertiary/aromatic N) is 3. The molecule has 1 atom stereocenters. The molecule has 2 aliphatic heterocycles. The molecule has 7 heteroatoms. The van der Waals surface area contributed by atoms with Crippen LogP contribution in [0.1, 0.15) is 46.1 Å². The first-order valence-electron chi connectivity index (χ1n) is 10.2. The predicted molar refractivity (Wildman–Crippen MR) is 110 cm³/mol. The Labute approximate surface area is 174 Å². The average molecular weight is 405 g/mol. The normalized spacial score (nSPS) is 17.9. The molecule has 7 nitrogen and oxygen atoms in total. The number of amides is 1. The zero-order valence-electron chi connectivity index (χ0n) is 17.1. The highest BCUT2D eigenvalue weighted by atomic mass is 16.7. The van der Waals surface area contributed by atoms with E-state index in [9.17, 15) is 4.79 Å². The van der Waals surface area contributed by atoms with Crippen LogP contribution in [0.5, 0.6) is 11.5 Å². The molecule has 3 aromatic rings. The summed E-state index contributed by atoms with van der Waals surface area (Å²) in [6.07, 6.45) is 1.82. The predicted octanol–water partition coefficient (Wildman–Crippen LogP) is 4.10. The molecule has 154 valence electrons. The number of hydrogen-bond donors (Lipinski definition) is 0. The van der Waals surface area contributed by atoms with E-state index in [0.717, 1.165) is 41.6 Å². The lowest BCUT2D eigenvalue weighted by Crippen LogP contribution is -2.39. The summed E-state index contributed by atoms with van der Waals surface area (Å²) in [7, 11) is 0. The van der Waals surface area contributed by atoms with Crippen molar-refractivity contribution in [3.8, 4) is 23.0 Å². The molecule has 0 spiro atoms. The summed E-state index contributed by atoms with van der Waals surface area (Å²) in [5.41, 5.74) is 3.71. The zero-order valence-corrected chi connectivity index (χ0v) is 17.1. The second-order valence-corrected chi connectivity index (χ2v) is 7.98. The smallest absolute Gasteiger partial charge is 0.253 e. The lowest BCUT2D eigenvalue weighted by Gasteiger charge is -2.31. The van der Waals surface area contributed by atoms with Gasteiger partial charge in [-0.25, -0.2) is 0 Å². The van der Waals surface area contributed by atoms with Crippen molar-refractivity contribution in [2.75, 3.05) is 19.9 Å². The molecule has 1 unspecified atom stereocenters. The van der Waals surface area contributed by atoms with Crippen LogP contribution in [0.15, 0.2) is 40.8 Å². The second kappa shape index (κ2) is 7.48. The third-order valence-electron chi connectivity index (χ3n) is 5.59. The first-order valence-corrected chi connectivity index (χ1v) is 10.2. The van der Waals surface area contributed by atoms with E-state index in [1.54, 1.807) is 0 Å². The van der Waals surface area contributed by atoms with Crippen LogP contribution in [0.4, 0.5) is 0 Å². The molecule has 2 aromatic carbocycles. The van der Waals surface area contributed by atoms with Crippen molar-refractivity contribution in [1.82, 2.24) is 15.1 Å². The standard InChI is InChI=1S/C23H23N3O4/c1-14-8-15(2)10-18(9-14)23(27)26-7-3-4-17(12-26)22-25-24-21(30-22)16-5-6-19-20(11-16)29-13-28-19/h5-6,8-11,17H,3-4,7,12-13H2,1-2H3. The number of benzene rings is 2. The summed E-state index contributed by atoms with van der Waals surface area (Å²) < 4.78 is 16.8. The van der Waals surface area contributed by atoms with E-state index in [1.165, 1.54) is 0 Å². The van der Waals surface area contributed by atoms with Crippen molar-refractivity contribution in [1.29, 1.82) is 0 Å². The third-order valence-corrected chi connectivity index (χ3v) is 5.59. The highest BCUT2D eigenvalue weighted by Gasteiger charge is 2.29. The Bertz CT molecular complexity index is 1090. The number of ether oxygens (including phenoxy) is 2. The number of hydrogen-bond acceptors (Lipinski definition) is 6. The molecule has 5 rings (SSSR count). The second-order valence-electron chi connectivity index (χ2n) is 7.98. The van der Waals surface area contributed by atoms with Gasteiger partial charge in [-0.05, 0) is 57.0 Å². The quantitative estimate of drug-likeness (QED) is 0.653. The fourth-order valence-electron chi connectivity index (χ4n) is 4.19. The first kappa shape index (κ1) is 18.7. The molecule has 1 fully saturated rings. The zero-order chi connectivity index (χ0) is 20.7. The van der Waals surface area contributed by atoms with Crippen LogP contribution in [0.25, 0.3) is 11.5 Å². The van der Waals surface area contributed by atoms with Crippen molar-refractivity contribution in [2.24, 2.45) is 0 Å². The molecule has 1 amide bonds. The maximum atomic E-state index is 13.0. The van der Waals surface area contributed by atoms with Gasteiger partial charge in [0.15, 0.2) is 11.5 Å². The number of aryl methyl sites for hydroxylation is 2. The maximum Gasteiger partial charge on any atom is 0.253 e. The summed E-state index contributed by atoms with van der Waals surface area (Å²) >= 11 is 0. The van der Waals surface area contributed by atoms with E-state index >= 15 is 0 Å². The summed E-state index contributed by atoms with van der Waals surface area (Å²) in [5, 5.41) is 8.50. The average Bonchev–Trinajstić information content (AvgIpc) is 3.41. The Morgan fingerprint density at radius 3 is 2.67 bits per heavy atom. The molecule has 2 aliphatic rings. The van der Waals surface area contributed by atoms with E-state index in [0.29, 0.717) is 29.8 Å². The van der Waals surface area contributed by atoms with E-state index in [4.69, 9.17) is 13.9 Å². The van der Waals surface area contributed by atoms with Gasteiger partial charge in [-0.15, -0.1) is 10.2 Å². The number of carbonyl (C=O) groups is 1. The number of aromatic nitrogens is 2. The van der Waals surface area contributed by atoms with Crippen LogP contribution < -0.4 is 9.47 Å². The Balaban J connectivity index is 1.33. The van der Waals surface area contributed by atoms with Gasteiger partial charge in [-0.1, -0.05) is 17.2 Å². The van der Waals surface area contributed by atoms with Crippen molar-refractivity contribution in [2.45, 2.75) is 32.6 Å². The van der Waals surface area contributed by atoms with Gasteiger partial charge >= 0.3 is 0 Å². The number of piperidine rings is 1. The lowest BCUT2D eigenvalue weighted by atomic mass is 9.97. The van der Waals surface area contributed by atoms with Gasteiger partial charge in [-0.3, -0.25) is 4.79 Å². The molecule has 30 heavy (non-hydrogen) atoms. The topological polar surface area (TPSA) is 77.7 Å². The summed E-state index contributed by atoms with van der Waals surface area (Å²) in [6.45, 7) is 5.57. The molecule has 3 heterocycles. The number of carbonyl (C=O) groups excluding carboxylic acids is 1. The number of fused-ring (bicyclic) bond motifs is 1. The van der Waals surface area contributed by atoms with Gasteiger partial charge in [0.1, 0.15) is 0 Å². The summed E-state index contributed by atoms with van der Waals surface area (Å²) in [5.74, 6) is 2.49. The molecule has 0 aliphatic carbocycles. The molecule has 0 bridgehead atoms. The van der Waals surface area contributed by atoms with Crippen molar-refractivity contribution in [3.05, 3.63) is 59.0 Å². The van der Waals surface area contributed by atoms with Gasteiger partial charge in [-0.2, -0.15) is 0 Å². The van der Waals surface area contributed by atoms with E-state index < -0.39 is 0 Å². The lowest BCUT2D eigenvalue weighted by molar-refractivity contribution is 0.0698. The molecular formula is C23H23N3O4. The Morgan fingerprint density at radius 2 is 1.83 bits per heavy atom. The highest BCUT2D eigenvalue weighted by molar-refractivity contribution is 5.94. The summed E-state index contributed by atoms with van der Waals surface area (Å²) in [4.78, 5) is 14.9. The van der Waals surface area contributed by atoms with Crippen LogP contribution in [-0.4, -0.2) is 40.9 Å². The van der Waals surface area contributed by atoms with Gasteiger partial charge in [0.05, 0.1) is 5.92 Å². The summed E-state index contributed by atoms with van der Waals surface area (Å²) in [6, 6.07) is 11.5. The molecule has 0 saturated carbocycles. The van der Waals surface area contributed by atoms with Gasteiger partial charge in [0.25, 0.3) is 5.91 Å². The SMILES string of the molecule is Cc1cc(C)cc(C(=O)N2CCCC(c3nnc(-c4ccc5c(c4)OCO5)o3)C2)c1. The fourth-order valence-corrected chi connectivity index (χ4v) is 4.19. The van der Waals surface area contributed by atoms with Crippen LogP contribution >= 0.6 is 0 Å². The first-order chi connectivity index (χ1) is 14.6. The van der Waals surface area contributed by atoms with Gasteiger partial charge in [0, 0.05) is 24.2 Å².